The zero-order valence-corrected chi connectivity index (χ0v) is 35.0. The molecule has 0 aliphatic carbocycles. The fraction of sp³-hybridized carbons (Fsp3) is 0. The zero-order chi connectivity index (χ0) is 40.7. The first-order valence-corrected chi connectivity index (χ1v) is 20.6. The number of nitrogens with zero attached hydrogens (tertiary/aromatic N) is 2. The van der Waals surface area contributed by atoms with Gasteiger partial charge in [0.25, 0.3) is 0 Å². The second kappa shape index (κ2) is 14.2. The molecule has 0 fully saturated rings. The molecule has 0 radical (unpaired) electrons. The Morgan fingerprint density at radius 2 is 0.831 bits per heavy atom. The van der Waals surface area contributed by atoms with E-state index in [-0.39, 0.29) is 0 Å². The molecule has 0 saturated carbocycles. The molecule has 0 spiro atoms. The van der Waals surface area contributed by atoms with Gasteiger partial charge in [0.15, 0.2) is 5.82 Å². The molecule has 270 valence electrons. The Kier molecular flexibility index (Phi) is 8.90. The Morgan fingerprint density at radius 1 is 0.322 bits per heavy atom. The summed E-state index contributed by atoms with van der Waals surface area (Å²) < 4.78 is 7.47. The molecule has 11 heteroatoms. The minimum atomic E-state index is 0.698. The van der Waals surface area contributed by atoms with Gasteiger partial charge in [-0.1, -0.05) is 154 Å². The Labute approximate surface area is 352 Å². The van der Waals surface area contributed by atoms with Crippen molar-refractivity contribution < 1.29 is 4.42 Å². The first-order chi connectivity index (χ1) is 28.6. The number of hydrogen-bond acceptors (Lipinski definition) is 3. The molecular weight excluding hydrogens is 707 g/mol. The van der Waals surface area contributed by atoms with Crippen molar-refractivity contribution in [3.05, 3.63) is 133 Å². The van der Waals surface area contributed by atoms with E-state index in [2.05, 4.69) is 184 Å². The van der Waals surface area contributed by atoms with Gasteiger partial charge in [0, 0.05) is 38.4 Å². The average Bonchev–Trinajstić information content (AvgIpc) is 3.66. The molecule has 0 aliphatic rings. The highest BCUT2D eigenvalue weighted by Crippen LogP contribution is 2.41. The maximum Gasteiger partial charge on any atom is 0.160 e. The Hall–Kier alpha value is -6.32. The molecular formula is C48H38B8N2O. The second-order valence-electron chi connectivity index (χ2n) is 16.3. The van der Waals surface area contributed by atoms with Crippen LogP contribution in [-0.4, -0.2) is 72.7 Å². The predicted molar refractivity (Wildman–Crippen MR) is 277 cm³/mol. The van der Waals surface area contributed by atoms with E-state index in [0.717, 1.165) is 61.1 Å². The molecule has 10 aromatic rings. The van der Waals surface area contributed by atoms with Crippen LogP contribution in [0.15, 0.2) is 138 Å². The molecule has 0 saturated heterocycles. The molecule has 3 nitrogen and oxygen atoms in total. The third kappa shape index (κ3) is 5.85. The van der Waals surface area contributed by atoms with Crippen LogP contribution < -0.4 is 43.7 Å². The van der Waals surface area contributed by atoms with Gasteiger partial charge in [-0.2, -0.15) is 0 Å². The molecule has 59 heavy (non-hydrogen) atoms. The van der Waals surface area contributed by atoms with Crippen LogP contribution >= 0.6 is 0 Å². The van der Waals surface area contributed by atoms with Crippen LogP contribution in [0.1, 0.15) is 0 Å². The minimum absolute atomic E-state index is 0.698. The van der Waals surface area contributed by atoms with Gasteiger partial charge in [-0.05, 0) is 45.0 Å². The number of hydrogen-bond donors (Lipinski definition) is 0. The van der Waals surface area contributed by atoms with Crippen LogP contribution in [0, 0.1) is 0 Å². The van der Waals surface area contributed by atoms with Crippen LogP contribution in [0.5, 0.6) is 0 Å². The van der Waals surface area contributed by atoms with E-state index in [0.29, 0.717) is 5.82 Å². The summed E-state index contributed by atoms with van der Waals surface area (Å²) in [6, 6.07) is 47.2. The number of aromatic nitrogens is 2. The van der Waals surface area contributed by atoms with Crippen molar-refractivity contribution in [2.45, 2.75) is 0 Å². The van der Waals surface area contributed by atoms with Gasteiger partial charge in [0.2, 0.25) is 0 Å². The van der Waals surface area contributed by atoms with E-state index >= 15 is 0 Å². The Bertz CT molecular complexity index is 3290. The minimum Gasteiger partial charge on any atom is -0.455 e. The van der Waals surface area contributed by atoms with Gasteiger partial charge in [-0.15, -0.1) is 10.9 Å². The third-order valence-corrected chi connectivity index (χ3v) is 13.3. The van der Waals surface area contributed by atoms with Gasteiger partial charge in [-0.3, -0.25) is 0 Å². The largest absolute Gasteiger partial charge is 0.455 e. The van der Waals surface area contributed by atoms with E-state index in [1.165, 1.54) is 76.4 Å². The molecule has 2 aromatic heterocycles. The fourth-order valence-electron chi connectivity index (χ4n) is 9.47. The molecule has 2 heterocycles. The Morgan fingerprint density at radius 3 is 1.53 bits per heavy atom. The quantitative estimate of drug-likeness (QED) is 0.215. The van der Waals surface area contributed by atoms with E-state index < -0.39 is 0 Å². The number of benzene rings is 8. The highest BCUT2D eigenvalue weighted by molar-refractivity contribution is 6.71. The summed E-state index contributed by atoms with van der Waals surface area (Å²) in [5, 5.41) is 7.25. The topological polar surface area (TPSA) is 38.9 Å². The maximum atomic E-state index is 7.47. The van der Waals surface area contributed by atoms with Crippen LogP contribution in [-0.2, 0) is 0 Å². The Balaban J connectivity index is 1.31. The molecule has 0 bridgehead atoms. The predicted octanol–water partition coefficient (Wildman–Crippen LogP) is -0.915. The van der Waals surface area contributed by atoms with Gasteiger partial charge in [0.1, 0.15) is 73.9 Å². The normalized spacial score (nSPS) is 11.6. The van der Waals surface area contributed by atoms with E-state index in [4.69, 9.17) is 14.4 Å². The highest BCUT2D eigenvalue weighted by Gasteiger charge is 2.28. The lowest BCUT2D eigenvalue weighted by molar-refractivity contribution is 0.674. The summed E-state index contributed by atoms with van der Waals surface area (Å²) in [4.78, 5) is 10.6. The highest BCUT2D eigenvalue weighted by atomic mass is 16.3. The van der Waals surface area contributed by atoms with Crippen LogP contribution in [0.4, 0.5) is 0 Å². The van der Waals surface area contributed by atoms with Crippen molar-refractivity contribution in [3.8, 4) is 56.2 Å². The fourth-order valence-corrected chi connectivity index (χ4v) is 9.47. The van der Waals surface area contributed by atoms with Gasteiger partial charge in [-0.25, -0.2) is 9.97 Å². The average molecular weight is 745 g/mol. The standard InChI is InChI=1S/C48H38B8N2O/c49-38-32(26-18-15-24(16-19-26)29-20-17-23-9-7-8-14-28(23)21-29)46-34(36-42(53)40(51)35-37(47(36)59-46)43(54)45(56)44(55)41(35)52)33(39(38)50)31-22-30(25-10-3-1-4-11-25)57-48(58-31)27-12-5-2-6-13-27/h1-22H,49-56H2. The van der Waals surface area contributed by atoms with Gasteiger partial charge < -0.3 is 4.42 Å². The van der Waals surface area contributed by atoms with Gasteiger partial charge in [0.05, 0.1) is 11.4 Å². The summed E-state index contributed by atoms with van der Waals surface area (Å²) in [5.74, 6) is 0.698. The van der Waals surface area contributed by atoms with Crippen molar-refractivity contribution in [1.29, 1.82) is 0 Å². The number of rotatable bonds is 5. The molecule has 8 aromatic carbocycles. The smallest absolute Gasteiger partial charge is 0.160 e. The molecule has 0 unspecified atom stereocenters. The first-order valence-electron chi connectivity index (χ1n) is 20.6. The molecule has 0 aliphatic heterocycles. The number of furan rings is 1. The van der Waals surface area contributed by atoms with E-state index in [1.54, 1.807) is 0 Å². The summed E-state index contributed by atoms with van der Waals surface area (Å²) >= 11 is 0. The monoisotopic (exact) mass is 746 g/mol. The summed E-state index contributed by atoms with van der Waals surface area (Å²) in [7, 11) is 18.1. The lowest BCUT2D eigenvalue weighted by atomic mass is 9.61. The van der Waals surface area contributed by atoms with Crippen LogP contribution in [0.25, 0.3) is 99.6 Å². The van der Waals surface area contributed by atoms with E-state index in [9.17, 15) is 0 Å². The number of fused-ring (bicyclic) bond motifs is 6. The second-order valence-corrected chi connectivity index (χ2v) is 16.3. The van der Waals surface area contributed by atoms with Crippen molar-refractivity contribution in [3.63, 3.8) is 0 Å². The third-order valence-electron chi connectivity index (χ3n) is 13.3. The zero-order valence-electron chi connectivity index (χ0n) is 35.0. The first kappa shape index (κ1) is 37.0. The summed E-state index contributed by atoms with van der Waals surface area (Å²) in [5.41, 5.74) is 21.5. The van der Waals surface area contributed by atoms with Gasteiger partial charge >= 0.3 is 0 Å². The van der Waals surface area contributed by atoms with Crippen molar-refractivity contribution in [2.75, 3.05) is 0 Å². The van der Waals surface area contributed by atoms with Crippen molar-refractivity contribution in [1.82, 2.24) is 9.97 Å². The van der Waals surface area contributed by atoms with E-state index in [1.807, 2.05) is 12.1 Å². The SMILES string of the molecule is Bc1c(B)c(-c2cc(-c3ccccc3)nc(-c3ccccc3)n2)c2c(oc3c4c(B)c(B)c(B)c(B)c4c(B)c(B)c32)c1-c1ccc(-c2ccc3ccccc3c2)cc1. The maximum absolute atomic E-state index is 7.47. The molecule has 0 amide bonds. The summed E-state index contributed by atoms with van der Waals surface area (Å²) in [6.45, 7) is 0. The van der Waals surface area contributed by atoms with Crippen LogP contribution in [0.3, 0.4) is 0 Å². The lowest BCUT2D eigenvalue weighted by Gasteiger charge is -2.20. The lowest BCUT2D eigenvalue weighted by Crippen LogP contribution is -2.50. The van der Waals surface area contributed by atoms with Crippen molar-refractivity contribution >= 4 is 150 Å². The van der Waals surface area contributed by atoms with Crippen molar-refractivity contribution in [2.24, 2.45) is 0 Å². The molecule has 0 N–H and O–H groups in total. The molecule has 0 atom stereocenters. The summed E-state index contributed by atoms with van der Waals surface area (Å²) in [6.07, 6.45) is 0. The molecule has 10 rings (SSSR count). The van der Waals surface area contributed by atoms with Crippen LogP contribution in [0.2, 0.25) is 0 Å².